The van der Waals surface area contributed by atoms with Crippen LogP contribution in [0.25, 0.3) is 0 Å². The quantitative estimate of drug-likeness (QED) is 0.628. The van der Waals surface area contributed by atoms with E-state index in [0.717, 1.165) is 32.8 Å². The summed E-state index contributed by atoms with van der Waals surface area (Å²) in [5.41, 5.74) is 0. The molecule has 13 heavy (non-hydrogen) atoms. The number of carbonyl (C=O) groups is 1. The molecule has 0 radical (unpaired) electrons. The molecule has 0 atom stereocenters. The summed E-state index contributed by atoms with van der Waals surface area (Å²) >= 11 is 0. The van der Waals surface area contributed by atoms with E-state index in [0.29, 0.717) is 13.0 Å². The van der Waals surface area contributed by atoms with E-state index in [1.165, 1.54) is 0 Å². The summed E-state index contributed by atoms with van der Waals surface area (Å²) in [6.07, 6.45) is 0.654. The van der Waals surface area contributed by atoms with Crippen molar-refractivity contribution in [1.82, 2.24) is 10.2 Å². The maximum Gasteiger partial charge on any atom is 0.147 e. The Morgan fingerprint density at radius 1 is 1.46 bits per heavy atom. The fourth-order valence-electron chi connectivity index (χ4n) is 1.39. The molecule has 0 aromatic rings. The number of carbonyl (C=O) groups excluding carboxylic acids is 1. The summed E-state index contributed by atoms with van der Waals surface area (Å²) in [7, 11) is 1.80. The van der Waals surface area contributed by atoms with Gasteiger partial charge in [0.05, 0.1) is 19.8 Å². The molecule has 0 unspecified atom stereocenters. The molecule has 0 spiro atoms. The lowest BCUT2D eigenvalue weighted by Crippen LogP contribution is -2.38. The highest BCUT2D eigenvalue weighted by Crippen LogP contribution is 1.97. The number of hydrogen-bond acceptors (Lipinski definition) is 4. The summed E-state index contributed by atoms with van der Waals surface area (Å²) in [5.74, 6) is 0.286. The Morgan fingerprint density at radius 3 is 2.77 bits per heavy atom. The van der Waals surface area contributed by atoms with Crippen molar-refractivity contribution in [1.29, 1.82) is 0 Å². The molecule has 0 aromatic carbocycles. The summed E-state index contributed by atoms with van der Waals surface area (Å²) < 4.78 is 5.22. The average molecular weight is 186 g/mol. The molecule has 1 saturated heterocycles. The van der Waals surface area contributed by atoms with Crippen LogP contribution in [-0.4, -0.2) is 57.1 Å². The van der Waals surface area contributed by atoms with Gasteiger partial charge >= 0.3 is 0 Å². The van der Waals surface area contributed by atoms with Gasteiger partial charge in [-0.2, -0.15) is 0 Å². The standard InChI is InChI=1S/C9H18N2O2/c1-10-8-9(12)2-3-11-4-6-13-7-5-11/h10H,2-8H2,1H3. The third-order valence-electron chi connectivity index (χ3n) is 2.18. The topological polar surface area (TPSA) is 41.6 Å². The van der Waals surface area contributed by atoms with Crippen LogP contribution in [0.5, 0.6) is 0 Å². The van der Waals surface area contributed by atoms with Crippen LogP contribution in [0.2, 0.25) is 0 Å². The Labute approximate surface area is 79.2 Å². The van der Waals surface area contributed by atoms with Crippen LogP contribution in [0.1, 0.15) is 6.42 Å². The van der Waals surface area contributed by atoms with Crippen molar-refractivity contribution in [3.63, 3.8) is 0 Å². The zero-order valence-corrected chi connectivity index (χ0v) is 8.21. The molecule has 4 heteroatoms. The molecule has 1 aliphatic rings. The molecule has 1 N–H and O–H groups in total. The van der Waals surface area contributed by atoms with Gasteiger partial charge in [-0.05, 0) is 7.05 Å². The number of nitrogens with one attached hydrogen (secondary N) is 1. The molecule has 0 aromatic heterocycles. The van der Waals surface area contributed by atoms with Crippen molar-refractivity contribution >= 4 is 5.78 Å². The lowest BCUT2D eigenvalue weighted by molar-refractivity contribution is -0.118. The van der Waals surface area contributed by atoms with Gasteiger partial charge in [0, 0.05) is 26.1 Å². The zero-order chi connectivity index (χ0) is 9.52. The maximum absolute atomic E-state index is 11.2. The predicted molar refractivity (Wildman–Crippen MR) is 50.8 cm³/mol. The highest BCUT2D eigenvalue weighted by atomic mass is 16.5. The number of nitrogens with zero attached hydrogens (tertiary/aromatic N) is 1. The molecule has 0 aliphatic carbocycles. The first-order valence-electron chi connectivity index (χ1n) is 4.79. The second-order valence-electron chi connectivity index (χ2n) is 3.27. The van der Waals surface area contributed by atoms with E-state index in [-0.39, 0.29) is 5.78 Å². The van der Waals surface area contributed by atoms with Crippen LogP contribution in [0.15, 0.2) is 0 Å². The predicted octanol–water partition coefficient (Wildman–Crippen LogP) is -0.503. The van der Waals surface area contributed by atoms with Gasteiger partial charge in [-0.15, -0.1) is 0 Å². The first-order valence-corrected chi connectivity index (χ1v) is 4.79. The minimum Gasteiger partial charge on any atom is -0.379 e. The highest BCUT2D eigenvalue weighted by molar-refractivity contribution is 5.80. The second-order valence-corrected chi connectivity index (χ2v) is 3.27. The van der Waals surface area contributed by atoms with Crippen LogP contribution in [0.3, 0.4) is 0 Å². The lowest BCUT2D eigenvalue weighted by atomic mass is 10.2. The van der Waals surface area contributed by atoms with E-state index >= 15 is 0 Å². The maximum atomic E-state index is 11.2. The molecule has 76 valence electrons. The average Bonchev–Trinajstić information content (AvgIpc) is 2.17. The molecular formula is C9H18N2O2. The second kappa shape index (κ2) is 6.07. The Bertz CT molecular complexity index is 156. The van der Waals surface area contributed by atoms with Gasteiger partial charge in [-0.25, -0.2) is 0 Å². The largest absolute Gasteiger partial charge is 0.379 e. The van der Waals surface area contributed by atoms with Gasteiger partial charge in [-0.3, -0.25) is 9.69 Å². The molecule has 1 rings (SSSR count). The minimum absolute atomic E-state index is 0.286. The summed E-state index contributed by atoms with van der Waals surface area (Å²) in [6, 6.07) is 0. The monoisotopic (exact) mass is 186 g/mol. The fourth-order valence-corrected chi connectivity index (χ4v) is 1.39. The van der Waals surface area contributed by atoms with E-state index in [1.54, 1.807) is 7.05 Å². The van der Waals surface area contributed by atoms with Crippen molar-refractivity contribution < 1.29 is 9.53 Å². The first-order chi connectivity index (χ1) is 6.33. The minimum atomic E-state index is 0.286. The third kappa shape index (κ3) is 4.36. The number of ether oxygens (including phenoxy) is 1. The summed E-state index contributed by atoms with van der Waals surface area (Å²) in [5, 5.41) is 2.86. The van der Waals surface area contributed by atoms with Crippen LogP contribution in [-0.2, 0) is 9.53 Å². The molecule has 4 nitrogen and oxygen atoms in total. The Morgan fingerprint density at radius 2 is 2.15 bits per heavy atom. The molecule has 1 fully saturated rings. The lowest BCUT2D eigenvalue weighted by Gasteiger charge is -2.26. The number of rotatable bonds is 5. The van der Waals surface area contributed by atoms with E-state index in [2.05, 4.69) is 10.2 Å². The normalized spacial score (nSPS) is 18.8. The van der Waals surface area contributed by atoms with Gasteiger partial charge in [0.25, 0.3) is 0 Å². The zero-order valence-electron chi connectivity index (χ0n) is 8.21. The number of morpholine rings is 1. The Kier molecular flexibility index (Phi) is 4.97. The number of ketones is 1. The van der Waals surface area contributed by atoms with Crippen LogP contribution >= 0.6 is 0 Å². The van der Waals surface area contributed by atoms with Crippen molar-refractivity contribution in [2.45, 2.75) is 6.42 Å². The highest BCUT2D eigenvalue weighted by Gasteiger charge is 2.11. The summed E-state index contributed by atoms with van der Waals surface area (Å²) in [6.45, 7) is 4.91. The summed E-state index contributed by atoms with van der Waals surface area (Å²) in [4.78, 5) is 13.4. The Balaban J connectivity index is 2.06. The molecular weight excluding hydrogens is 168 g/mol. The van der Waals surface area contributed by atoms with Gasteiger partial charge in [-0.1, -0.05) is 0 Å². The SMILES string of the molecule is CNCC(=O)CCN1CCOCC1. The van der Waals surface area contributed by atoms with Crippen LogP contribution in [0.4, 0.5) is 0 Å². The van der Waals surface area contributed by atoms with Crippen LogP contribution < -0.4 is 5.32 Å². The van der Waals surface area contributed by atoms with Crippen molar-refractivity contribution in [2.75, 3.05) is 46.4 Å². The smallest absolute Gasteiger partial charge is 0.147 e. The first kappa shape index (κ1) is 10.6. The van der Waals surface area contributed by atoms with Crippen molar-refractivity contribution in [3.05, 3.63) is 0 Å². The van der Waals surface area contributed by atoms with Gasteiger partial charge in [0.2, 0.25) is 0 Å². The molecule has 1 heterocycles. The van der Waals surface area contributed by atoms with Gasteiger partial charge in [0.15, 0.2) is 0 Å². The fraction of sp³-hybridized carbons (Fsp3) is 0.889. The van der Waals surface area contributed by atoms with E-state index in [4.69, 9.17) is 4.74 Å². The van der Waals surface area contributed by atoms with E-state index in [9.17, 15) is 4.79 Å². The third-order valence-corrected chi connectivity index (χ3v) is 2.18. The van der Waals surface area contributed by atoms with E-state index < -0.39 is 0 Å². The molecule has 0 amide bonds. The van der Waals surface area contributed by atoms with Crippen molar-refractivity contribution in [2.24, 2.45) is 0 Å². The van der Waals surface area contributed by atoms with Crippen LogP contribution in [0, 0.1) is 0 Å². The van der Waals surface area contributed by atoms with Gasteiger partial charge in [0.1, 0.15) is 5.78 Å². The number of likely N-dealkylation sites (N-methyl/N-ethyl adjacent to an activating group) is 1. The van der Waals surface area contributed by atoms with Crippen molar-refractivity contribution in [3.8, 4) is 0 Å². The molecule has 0 bridgehead atoms. The molecule has 1 aliphatic heterocycles. The van der Waals surface area contributed by atoms with E-state index in [1.807, 2.05) is 0 Å². The van der Waals surface area contributed by atoms with Gasteiger partial charge < -0.3 is 10.1 Å². The Hall–Kier alpha value is -0.450. The number of Topliss-reactive ketones (excluding diaryl/α,β-unsaturated/α-hetero) is 1. The number of hydrogen-bond donors (Lipinski definition) is 1. The molecule has 0 saturated carbocycles.